The lowest BCUT2D eigenvalue weighted by atomic mass is 9.77. The van der Waals surface area contributed by atoms with E-state index in [0.717, 1.165) is 12.8 Å². The van der Waals surface area contributed by atoms with Gasteiger partial charge in [-0.05, 0) is 31.0 Å². The summed E-state index contributed by atoms with van der Waals surface area (Å²) in [6.45, 7) is 4.88. The summed E-state index contributed by atoms with van der Waals surface area (Å²) in [5.41, 5.74) is -0.512. The van der Waals surface area contributed by atoms with Crippen molar-refractivity contribution in [3.63, 3.8) is 0 Å². The molecular weight excluding hydrogens is 422 g/mol. The summed E-state index contributed by atoms with van der Waals surface area (Å²) in [4.78, 5) is 40.4. The maximum absolute atomic E-state index is 13.1. The highest BCUT2D eigenvalue weighted by Crippen LogP contribution is 2.35. The van der Waals surface area contributed by atoms with Crippen LogP contribution in [0.5, 0.6) is 5.75 Å². The zero-order chi connectivity index (χ0) is 22.3. The van der Waals surface area contributed by atoms with Crippen molar-refractivity contribution in [2.75, 3.05) is 52.5 Å². The highest BCUT2D eigenvalue weighted by molar-refractivity contribution is 6.30. The molecule has 1 N–H and O–H groups in total. The number of carbonyl (C=O) groups excluding carboxylic acids is 3. The van der Waals surface area contributed by atoms with Crippen LogP contribution in [0.3, 0.4) is 0 Å². The zero-order valence-electron chi connectivity index (χ0n) is 17.9. The number of morpholine rings is 1. The summed E-state index contributed by atoms with van der Waals surface area (Å²) in [5, 5.41) is 3.14. The van der Waals surface area contributed by atoms with Crippen LogP contribution in [0.2, 0.25) is 5.02 Å². The molecule has 2 saturated heterocycles. The van der Waals surface area contributed by atoms with E-state index >= 15 is 0 Å². The molecule has 0 saturated carbocycles. The van der Waals surface area contributed by atoms with Gasteiger partial charge in [0.1, 0.15) is 5.75 Å². The lowest BCUT2D eigenvalue weighted by Gasteiger charge is -2.43. The van der Waals surface area contributed by atoms with Gasteiger partial charge in [0.2, 0.25) is 17.7 Å². The molecule has 2 aliphatic heterocycles. The fourth-order valence-corrected chi connectivity index (χ4v) is 4.26. The number of rotatable bonds is 7. The Morgan fingerprint density at radius 3 is 2.65 bits per heavy atom. The molecule has 0 radical (unpaired) electrons. The summed E-state index contributed by atoms with van der Waals surface area (Å²) in [6.07, 6.45) is 1.83. The van der Waals surface area contributed by atoms with E-state index in [1.807, 2.05) is 17.0 Å². The molecule has 0 spiro atoms. The highest BCUT2D eigenvalue weighted by Gasteiger charge is 2.41. The van der Waals surface area contributed by atoms with Gasteiger partial charge in [0.05, 0.1) is 26.4 Å². The van der Waals surface area contributed by atoms with Gasteiger partial charge in [-0.15, -0.1) is 0 Å². The van der Waals surface area contributed by atoms with Crippen LogP contribution >= 0.6 is 11.6 Å². The van der Waals surface area contributed by atoms with Crippen LogP contribution in [0, 0.1) is 5.41 Å². The standard InChI is InChI=1S/C22H30ClN3O5/c1-17(27)24-14-21(29)26-7-3-6-22(15-26,13-20(28)25-8-10-30-11-9-25)16-31-19-5-2-4-18(23)12-19/h2,4-5,12H,3,6-11,13-16H2,1H3,(H,24,27)/t22-/m1/s1. The smallest absolute Gasteiger partial charge is 0.241 e. The monoisotopic (exact) mass is 451 g/mol. The van der Waals surface area contributed by atoms with Crippen molar-refractivity contribution in [2.45, 2.75) is 26.2 Å². The second-order valence-corrected chi connectivity index (χ2v) is 8.68. The zero-order valence-corrected chi connectivity index (χ0v) is 18.7. The van der Waals surface area contributed by atoms with Gasteiger partial charge < -0.3 is 24.6 Å². The molecule has 9 heteroatoms. The maximum atomic E-state index is 13.1. The Balaban J connectivity index is 1.73. The molecule has 31 heavy (non-hydrogen) atoms. The minimum atomic E-state index is -0.512. The molecule has 1 aromatic rings. The number of benzene rings is 1. The third-order valence-corrected chi connectivity index (χ3v) is 5.97. The highest BCUT2D eigenvalue weighted by atomic mass is 35.5. The number of carbonyl (C=O) groups is 3. The molecule has 3 amide bonds. The second-order valence-electron chi connectivity index (χ2n) is 8.24. The number of likely N-dealkylation sites (tertiary alicyclic amines) is 1. The van der Waals surface area contributed by atoms with E-state index in [9.17, 15) is 14.4 Å². The summed E-state index contributed by atoms with van der Waals surface area (Å²) in [7, 11) is 0. The van der Waals surface area contributed by atoms with Crippen LogP contribution in [0.4, 0.5) is 0 Å². The lowest BCUT2D eigenvalue weighted by Crippen LogP contribution is -2.53. The molecule has 0 unspecified atom stereocenters. The molecule has 170 valence electrons. The summed E-state index contributed by atoms with van der Waals surface area (Å²) in [6, 6.07) is 7.15. The summed E-state index contributed by atoms with van der Waals surface area (Å²) in [5.74, 6) is 0.283. The Hall–Kier alpha value is -2.32. The summed E-state index contributed by atoms with van der Waals surface area (Å²) >= 11 is 6.07. The Labute approximate surface area is 187 Å². The number of hydrogen-bond acceptors (Lipinski definition) is 5. The van der Waals surface area contributed by atoms with Crippen LogP contribution in [0.15, 0.2) is 24.3 Å². The van der Waals surface area contributed by atoms with E-state index in [-0.39, 0.29) is 30.7 Å². The normalized spacial score (nSPS) is 21.5. The van der Waals surface area contributed by atoms with Gasteiger partial charge in [0, 0.05) is 50.0 Å². The number of hydrogen-bond donors (Lipinski definition) is 1. The first-order valence-corrected chi connectivity index (χ1v) is 11.0. The molecular formula is C22H30ClN3O5. The number of piperidine rings is 1. The fourth-order valence-electron chi connectivity index (χ4n) is 4.08. The molecule has 2 aliphatic rings. The minimum Gasteiger partial charge on any atom is -0.493 e. The van der Waals surface area contributed by atoms with Crippen molar-refractivity contribution in [1.82, 2.24) is 15.1 Å². The molecule has 8 nitrogen and oxygen atoms in total. The van der Waals surface area contributed by atoms with Crippen molar-refractivity contribution < 1.29 is 23.9 Å². The van der Waals surface area contributed by atoms with Crippen molar-refractivity contribution in [2.24, 2.45) is 5.41 Å². The lowest BCUT2D eigenvalue weighted by molar-refractivity contribution is -0.143. The first-order chi connectivity index (χ1) is 14.9. The quantitative estimate of drug-likeness (QED) is 0.681. The number of nitrogens with one attached hydrogen (secondary N) is 1. The molecule has 1 atom stereocenters. The van der Waals surface area contributed by atoms with E-state index in [2.05, 4.69) is 5.32 Å². The van der Waals surface area contributed by atoms with E-state index in [4.69, 9.17) is 21.1 Å². The molecule has 2 heterocycles. The Morgan fingerprint density at radius 1 is 1.16 bits per heavy atom. The van der Waals surface area contributed by atoms with Crippen LogP contribution in [0.25, 0.3) is 0 Å². The van der Waals surface area contributed by atoms with Gasteiger partial charge in [-0.1, -0.05) is 17.7 Å². The third kappa shape index (κ3) is 6.83. The van der Waals surface area contributed by atoms with Crippen molar-refractivity contribution >= 4 is 29.3 Å². The van der Waals surface area contributed by atoms with Gasteiger partial charge in [0.15, 0.2) is 0 Å². The van der Waals surface area contributed by atoms with Crippen LogP contribution < -0.4 is 10.1 Å². The van der Waals surface area contributed by atoms with Crippen LogP contribution in [-0.2, 0) is 19.1 Å². The van der Waals surface area contributed by atoms with E-state index in [1.54, 1.807) is 17.0 Å². The number of amides is 3. The van der Waals surface area contributed by atoms with Crippen LogP contribution in [0.1, 0.15) is 26.2 Å². The van der Waals surface area contributed by atoms with E-state index < -0.39 is 5.41 Å². The molecule has 2 fully saturated rings. The molecule has 0 aromatic heterocycles. The molecule has 0 bridgehead atoms. The van der Waals surface area contributed by atoms with Crippen molar-refractivity contribution in [1.29, 1.82) is 0 Å². The third-order valence-electron chi connectivity index (χ3n) is 5.73. The average molecular weight is 452 g/mol. The summed E-state index contributed by atoms with van der Waals surface area (Å²) < 4.78 is 11.4. The predicted molar refractivity (Wildman–Crippen MR) is 116 cm³/mol. The minimum absolute atomic E-state index is 0.0437. The average Bonchev–Trinajstić information content (AvgIpc) is 2.77. The first-order valence-electron chi connectivity index (χ1n) is 10.6. The van der Waals surface area contributed by atoms with Gasteiger partial charge >= 0.3 is 0 Å². The molecule has 3 rings (SSSR count). The van der Waals surface area contributed by atoms with E-state index in [1.165, 1.54) is 6.92 Å². The van der Waals surface area contributed by atoms with Gasteiger partial charge in [0.25, 0.3) is 0 Å². The molecule has 0 aliphatic carbocycles. The topological polar surface area (TPSA) is 88.2 Å². The van der Waals surface area contributed by atoms with Gasteiger partial charge in [-0.2, -0.15) is 0 Å². The van der Waals surface area contributed by atoms with Gasteiger partial charge in [-0.3, -0.25) is 14.4 Å². The predicted octanol–water partition coefficient (Wildman–Crippen LogP) is 1.71. The van der Waals surface area contributed by atoms with Crippen molar-refractivity contribution in [3.8, 4) is 5.75 Å². The Kier molecular flexibility index (Phi) is 8.15. The largest absolute Gasteiger partial charge is 0.493 e. The van der Waals surface area contributed by atoms with Gasteiger partial charge in [-0.25, -0.2) is 0 Å². The number of halogens is 1. The SMILES string of the molecule is CC(=O)NCC(=O)N1CCC[C@@](COc2cccc(Cl)c2)(CC(=O)N2CCOCC2)C1. The first kappa shape index (κ1) is 23.3. The second kappa shape index (κ2) is 10.8. The Bertz CT molecular complexity index is 799. The molecule has 1 aromatic carbocycles. The van der Waals surface area contributed by atoms with E-state index in [0.29, 0.717) is 56.8 Å². The number of nitrogens with zero attached hydrogens (tertiary/aromatic N) is 2. The number of ether oxygens (including phenoxy) is 2. The fraction of sp³-hybridized carbons (Fsp3) is 0.591. The maximum Gasteiger partial charge on any atom is 0.241 e. The van der Waals surface area contributed by atoms with Crippen LogP contribution in [-0.4, -0.2) is 80.1 Å². The van der Waals surface area contributed by atoms with Crippen molar-refractivity contribution in [3.05, 3.63) is 29.3 Å². The Morgan fingerprint density at radius 2 is 1.94 bits per heavy atom.